The molecule has 0 atom stereocenters. The lowest BCUT2D eigenvalue weighted by Gasteiger charge is -2.35. The Hall–Kier alpha value is -1.90. The van der Waals surface area contributed by atoms with Gasteiger partial charge in [0, 0.05) is 62.2 Å². The molecule has 0 N–H and O–H groups in total. The van der Waals surface area contributed by atoms with Crippen LogP contribution in [-0.2, 0) is 10.0 Å². The number of piperazine rings is 1. The van der Waals surface area contributed by atoms with E-state index in [2.05, 4.69) is 9.80 Å². The summed E-state index contributed by atoms with van der Waals surface area (Å²) in [6.45, 7) is 3.20. The molecule has 2 aliphatic heterocycles. The SMILES string of the molecule is COc1cccc(N2CCN(S(=O)(=O)c3ccc4c(c3)N(C)CCS4)CC2)c1. The van der Waals surface area contributed by atoms with Gasteiger partial charge in [0.1, 0.15) is 5.75 Å². The van der Waals surface area contributed by atoms with Crippen molar-refractivity contribution in [1.82, 2.24) is 4.31 Å². The molecular formula is C20H25N3O3S2. The van der Waals surface area contributed by atoms with E-state index in [0.717, 1.165) is 34.3 Å². The molecule has 6 nitrogen and oxygen atoms in total. The van der Waals surface area contributed by atoms with E-state index in [1.807, 2.05) is 43.4 Å². The minimum atomic E-state index is -3.49. The van der Waals surface area contributed by atoms with Crippen LogP contribution in [0.1, 0.15) is 0 Å². The molecule has 0 aromatic heterocycles. The van der Waals surface area contributed by atoms with Gasteiger partial charge in [-0.3, -0.25) is 0 Å². The molecule has 0 unspecified atom stereocenters. The standard InChI is InChI=1S/C20H25N3O3S2/c1-21-12-13-27-20-7-6-18(15-19(20)21)28(24,25)23-10-8-22(9-11-23)16-4-3-5-17(14-16)26-2/h3-7,14-15H,8-13H2,1-2H3. The monoisotopic (exact) mass is 419 g/mol. The summed E-state index contributed by atoms with van der Waals surface area (Å²) in [5.74, 6) is 1.84. The summed E-state index contributed by atoms with van der Waals surface area (Å²) in [7, 11) is 0.175. The second kappa shape index (κ2) is 7.85. The number of hydrogen-bond acceptors (Lipinski definition) is 6. The molecule has 8 heteroatoms. The molecule has 2 heterocycles. The molecule has 0 amide bonds. The summed E-state index contributed by atoms with van der Waals surface area (Å²) in [6, 6.07) is 13.4. The van der Waals surface area contributed by atoms with Gasteiger partial charge in [-0.05, 0) is 30.3 Å². The average molecular weight is 420 g/mol. The molecule has 1 saturated heterocycles. The highest BCUT2D eigenvalue weighted by Crippen LogP contribution is 2.36. The van der Waals surface area contributed by atoms with E-state index in [4.69, 9.17) is 4.74 Å². The maximum atomic E-state index is 13.2. The Morgan fingerprint density at radius 2 is 1.79 bits per heavy atom. The highest BCUT2D eigenvalue weighted by Gasteiger charge is 2.30. The third kappa shape index (κ3) is 3.68. The first-order chi connectivity index (χ1) is 13.5. The van der Waals surface area contributed by atoms with Crippen molar-refractivity contribution in [2.24, 2.45) is 0 Å². The van der Waals surface area contributed by atoms with Crippen LogP contribution in [0.5, 0.6) is 5.75 Å². The van der Waals surface area contributed by atoms with Crippen molar-refractivity contribution >= 4 is 33.2 Å². The van der Waals surface area contributed by atoms with Crippen LogP contribution in [0.4, 0.5) is 11.4 Å². The van der Waals surface area contributed by atoms with Crippen molar-refractivity contribution in [2.75, 3.05) is 62.4 Å². The smallest absolute Gasteiger partial charge is 0.243 e. The van der Waals surface area contributed by atoms with Crippen molar-refractivity contribution in [3.05, 3.63) is 42.5 Å². The van der Waals surface area contributed by atoms with Crippen molar-refractivity contribution in [3.63, 3.8) is 0 Å². The zero-order valence-corrected chi connectivity index (χ0v) is 17.8. The number of hydrogen-bond donors (Lipinski definition) is 0. The van der Waals surface area contributed by atoms with Gasteiger partial charge >= 0.3 is 0 Å². The number of methoxy groups -OCH3 is 1. The van der Waals surface area contributed by atoms with Crippen molar-refractivity contribution in [2.45, 2.75) is 9.79 Å². The summed E-state index contributed by atoms with van der Waals surface area (Å²) in [4.78, 5) is 5.86. The average Bonchev–Trinajstić information content (AvgIpc) is 2.74. The minimum Gasteiger partial charge on any atom is -0.497 e. The van der Waals surface area contributed by atoms with Gasteiger partial charge in [0.25, 0.3) is 0 Å². The number of nitrogens with zero attached hydrogens (tertiary/aromatic N) is 3. The van der Waals surface area contributed by atoms with Crippen molar-refractivity contribution in [1.29, 1.82) is 0 Å². The van der Waals surface area contributed by atoms with Gasteiger partial charge in [-0.1, -0.05) is 6.07 Å². The normalized spacial score (nSPS) is 18.1. The van der Waals surface area contributed by atoms with Crippen LogP contribution in [0, 0.1) is 0 Å². The first-order valence-electron chi connectivity index (χ1n) is 9.36. The molecule has 2 aromatic carbocycles. The molecule has 0 saturated carbocycles. The first kappa shape index (κ1) is 19.4. The number of thioether (sulfide) groups is 1. The molecular weight excluding hydrogens is 394 g/mol. The number of rotatable bonds is 4. The van der Waals surface area contributed by atoms with Gasteiger partial charge in [-0.2, -0.15) is 4.31 Å². The van der Waals surface area contributed by atoms with E-state index in [1.165, 1.54) is 0 Å². The third-order valence-electron chi connectivity index (χ3n) is 5.32. The summed E-state index contributed by atoms with van der Waals surface area (Å²) >= 11 is 1.78. The van der Waals surface area contributed by atoms with Crippen LogP contribution in [-0.4, -0.2) is 65.4 Å². The van der Waals surface area contributed by atoms with Gasteiger partial charge in [-0.25, -0.2) is 8.42 Å². The van der Waals surface area contributed by atoms with E-state index in [1.54, 1.807) is 29.2 Å². The quantitative estimate of drug-likeness (QED) is 0.760. The fourth-order valence-corrected chi connectivity index (χ4v) is 6.19. The molecule has 2 aliphatic rings. The minimum absolute atomic E-state index is 0.385. The van der Waals surface area contributed by atoms with E-state index in [9.17, 15) is 8.42 Å². The molecule has 28 heavy (non-hydrogen) atoms. The molecule has 0 spiro atoms. The highest BCUT2D eigenvalue weighted by molar-refractivity contribution is 7.99. The third-order valence-corrected chi connectivity index (χ3v) is 8.26. The summed E-state index contributed by atoms with van der Waals surface area (Å²) in [5.41, 5.74) is 2.07. The van der Waals surface area contributed by atoms with Crippen LogP contribution >= 0.6 is 11.8 Å². The Balaban J connectivity index is 1.50. The van der Waals surface area contributed by atoms with E-state index in [0.29, 0.717) is 31.1 Å². The number of benzene rings is 2. The van der Waals surface area contributed by atoms with Gasteiger partial charge in [0.15, 0.2) is 0 Å². The summed E-state index contributed by atoms with van der Waals surface area (Å²) in [5, 5.41) is 0. The van der Waals surface area contributed by atoms with Crippen LogP contribution in [0.3, 0.4) is 0 Å². The molecule has 4 rings (SSSR count). The zero-order valence-electron chi connectivity index (χ0n) is 16.2. The van der Waals surface area contributed by atoms with Crippen LogP contribution in [0.2, 0.25) is 0 Å². The van der Waals surface area contributed by atoms with Gasteiger partial charge in [-0.15, -0.1) is 11.8 Å². The van der Waals surface area contributed by atoms with E-state index in [-0.39, 0.29) is 0 Å². The number of sulfonamides is 1. The molecule has 1 fully saturated rings. The van der Waals surface area contributed by atoms with Gasteiger partial charge in [0.2, 0.25) is 10.0 Å². The Labute approximate surface area is 171 Å². The fraction of sp³-hybridized carbons (Fsp3) is 0.400. The van der Waals surface area contributed by atoms with E-state index >= 15 is 0 Å². The fourth-order valence-electron chi connectivity index (χ4n) is 3.63. The van der Waals surface area contributed by atoms with Gasteiger partial charge < -0.3 is 14.5 Å². The predicted octanol–water partition coefficient (Wildman–Crippen LogP) is 2.75. The molecule has 0 radical (unpaired) electrons. The highest BCUT2D eigenvalue weighted by atomic mass is 32.2. The lowest BCUT2D eigenvalue weighted by Crippen LogP contribution is -2.48. The largest absolute Gasteiger partial charge is 0.497 e. The summed E-state index contributed by atoms with van der Waals surface area (Å²) in [6.07, 6.45) is 0. The van der Waals surface area contributed by atoms with Gasteiger partial charge in [0.05, 0.1) is 17.7 Å². The maximum absolute atomic E-state index is 13.2. The number of anilines is 2. The molecule has 0 bridgehead atoms. The Bertz CT molecular complexity index is 957. The number of ether oxygens (including phenoxy) is 1. The zero-order chi connectivity index (χ0) is 19.7. The Morgan fingerprint density at radius 1 is 1.00 bits per heavy atom. The Morgan fingerprint density at radius 3 is 2.54 bits per heavy atom. The van der Waals surface area contributed by atoms with Crippen molar-refractivity contribution in [3.8, 4) is 5.75 Å². The van der Waals surface area contributed by atoms with Crippen LogP contribution < -0.4 is 14.5 Å². The second-order valence-electron chi connectivity index (χ2n) is 6.99. The topological polar surface area (TPSA) is 53.1 Å². The molecule has 2 aromatic rings. The number of fused-ring (bicyclic) bond motifs is 1. The second-order valence-corrected chi connectivity index (χ2v) is 10.1. The van der Waals surface area contributed by atoms with Crippen molar-refractivity contribution < 1.29 is 13.2 Å². The Kier molecular flexibility index (Phi) is 5.44. The predicted molar refractivity (Wildman–Crippen MR) is 114 cm³/mol. The van der Waals surface area contributed by atoms with E-state index < -0.39 is 10.0 Å². The summed E-state index contributed by atoms with van der Waals surface area (Å²) < 4.78 is 33.3. The molecule has 150 valence electrons. The maximum Gasteiger partial charge on any atom is 0.243 e. The van der Waals surface area contributed by atoms with Crippen LogP contribution in [0.25, 0.3) is 0 Å². The van der Waals surface area contributed by atoms with Crippen LogP contribution in [0.15, 0.2) is 52.3 Å². The first-order valence-corrected chi connectivity index (χ1v) is 11.8. The lowest BCUT2D eigenvalue weighted by atomic mass is 10.2. The lowest BCUT2D eigenvalue weighted by molar-refractivity contribution is 0.384. The molecule has 0 aliphatic carbocycles.